The van der Waals surface area contributed by atoms with Crippen LogP contribution in [0.3, 0.4) is 0 Å². The summed E-state index contributed by atoms with van der Waals surface area (Å²) in [4.78, 5) is 11.6. The topological polar surface area (TPSA) is 20.3 Å². The van der Waals surface area contributed by atoms with Crippen molar-refractivity contribution in [1.29, 1.82) is 0 Å². The predicted molar refractivity (Wildman–Crippen MR) is 55.5 cm³/mol. The molecule has 13 heavy (non-hydrogen) atoms. The molecule has 0 bridgehead atoms. The molecule has 1 aromatic rings. The Bertz CT molecular complexity index is 242. The molecular weight excluding hydrogens is 162 g/mol. The Balaban J connectivity index is 0.000000226. The number of hydrogen-bond acceptors (Lipinski definition) is 1. The van der Waals surface area contributed by atoms with Gasteiger partial charge in [-0.1, -0.05) is 35.9 Å². The Morgan fingerprint density at radius 1 is 1.15 bits per heavy atom. The summed E-state index contributed by atoms with van der Waals surface area (Å²) < 4.78 is 0. The molecule has 1 aromatic carbocycles. The van der Waals surface area contributed by atoms with Crippen LogP contribution in [0.1, 0.15) is 12.5 Å². The van der Waals surface area contributed by atoms with Gasteiger partial charge in [-0.25, -0.2) is 0 Å². The lowest BCUT2D eigenvalue weighted by Gasteiger charge is -2.02. The summed E-state index contributed by atoms with van der Waals surface area (Å²) in [6.45, 7) is 3.61. The minimum atomic E-state index is 0.0926. The summed E-state index contributed by atoms with van der Waals surface area (Å²) in [5, 5.41) is 0. The van der Waals surface area contributed by atoms with Crippen LogP contribution >= 0.6 is 0 Å². The molecule has 0 saturated heterocycles. The van der Waals surface area contributed by atoms with Gasteiger partial charge in [0.15, 0.2) is 0 Å². The Labute approximate surface area is 80.2 Å². The standard InChI is InChI=1S/C7H8.C4H9NO/c1-7-5-3-2-4-6-7;1-4(6)5(2)3/h2-6H,1H3;1-3H3. The van der Waals surface area contributed by atoms with Crippen LogP contribution in [0.2, 0.25) is 0 Å². The lowest BCUT2D eigenvalue weighted by molar-refractivity contribution is -0.126. The normalized spacial score (nSPS) is 8.31. The molecule has 0 aliphatic carbocycles. The molecule has 1 amide bonds. The summed E-state index contributed by atoms with van der Waals surface area (Å²) in [5.74, 6) is 0.0926. The second kappa shape index (κ2) is 6.23. The van der Waals surface area contributed by atoms with Gasteiger partial charge in [-0.05, 0) is 6.92 Å². The van der Waals surface area contributed by atoms with Gasteiger partial charge in [0, 0.05) is 21.0 Å². The minimum absolute atomic E-state index is 0.0926. The molecule has 0 fully saturated rings. The highest BCUT2D eigenvalue weighted by molar-refractivity contribution is 5.72. The van der Waals surface area contributed by atoms with Crippen LogP contribution in [-0.4, -0.2) is 24.9 Å². The quantitative estimate of drug-likeness (QED) is 0.597. The summed E-state index contributed by atoms with van der Waals surface area (Å²) in [7, 11) is 3.45. The van der Waals surface area contributed by atoms with Gasteiger partial charge in [0.25, 0.3) is 0 Å². The molecule has 2 nitrogen and oxygen atoms in total. The average molecular weight is 179 g/mol. The van der Waals surface area contributed by atoms with E-state index in [1.54, 1.807) is 14.1 Å². The first-order chi connectivity index (χ1) is 6.04. The SMILES string of the molecule is CC(=O)N(C)C.Cc1ccccc1. The zero-order chi connectivity index (χ0) is 10.3. The summed E-state index contributed by atoms with van der Waals surface area (Å²) in [6, 6.07) is 10.3. The van der Waals surface area contributed by atoms with Crippen molar-refractivity contribution in [3.8, 4) is 0 Å². The molecule has 0 aliphatic rings. The van der Waals surface area contributed by atoms with Crippen molar-refractivity contribution >= 4 is 5.91 Å². The number of nitrogens with zero attached hydrogens (tertiary/aromatic N) is 1. The summed E-state index contributed by atoms with van der Waals surface area (Å²) >= 11 is 0. The molecule has 0 heterocycles. The molecule has 0 aliphatic heterocycles. The van der Waals surface area contributed by atoms with Gasteiger partial charge in [-0.3, -0.25) is 4.79 Å². The van der Waals surface area contributed by atoms with E-state index in [0.717, 1.165) is 0 Å². The molecule has 0 radical (unpaired) electrons. The van der Waals surface area contributed by atoms with Crippen molar-refractivity contribution in [3.05, 3.63) is 35.9 Å². The molecule has 0 N–H and O–H groups in total. The van der Waals surface area contributed by atoms with Gasteiger partial charge < -0.3 is 4.90 Å². The average Bonchev–Trinajstić information content (AvgIpc) is 2.06. The van der Waals surface area contributed by atoms with Crippen molar-refractivity contribution in [2.45, 2.75) is 13.8 Å². The molecule has 0 saturated carbocycles. The van der Waals surface area contributed by atoms with Crippen molar-refractivity contribution in [3.63, 3.8) is 0 Å². The van der Waals surface area contributed by atoms with E-state index in [4.69, 9.17) is 0 Å². The Hall–Kier alpha value is -1.31. The van der Waals surface area contributed by atoms with Gasteiger partial charge in [-0.2, -0.15) is 0 Å². The number of benzene rings is 1. The maximum absolute atomic E-state index is 10.1. The molecule has 0 atom stereocenters. The van der Waals surface area contributed by atoms with Crippen LogP contribution in [0.4, 0.5) is 0 Å². The fourth-order valence-corrected chi connectivity index (χ4v) is 0.534. The highest BCUT2D eigenvalue weighted by Crippen LogP contribution is 1.92. The number of amides is 1. The second-order valence-corrected chi connectivity index (χ2v) is 3.07. The Morgan fingerprint density at radius 2 is 1.54 bits per heavy atom. The number of carbonyl (C=O) groups excluding carboxylic acids is 1. The van der Waals surface area contributed by atoms with Crippen LogP contribution < -0.4 is 0 Å². The van der Waals surface area contributed by atoms with Crippen LogP contribution in [0.25, 0.3) is 0 Å². The lowest BCUT2D eigenvalue weighted by atomic mass is 10.2. The lowest BCUT2D eigenvalue weighted by Crippen LogP contribution is -2.17. The monoisotopic (exact) mass is 179 g/mol. The fourth-order valence-electron chi connectivity index (χ4n) is 0.534. The van der Waals surface area contributed by atoms with Crippen molar-refractivity contribution in [2.75, 3.05) is 14.1 Å². The van der Waals surface area contributed by atoms with E-state index >= 15 is 0 Å². The zero-order valence-electron chi connectivity index (χ0n) is 8.74. The first-order valence-corrected chi connectivity index (χ1v) is 4.23. The summed E-state index contributed by atoms with van der Waals surface area (Å²) in [5.41, 5.74) is 1.32. The molecule has 0 aromatic heterocycles. The molecule has 2 heteroatoms. The van der Waals surface area contributed by atoms with E-state index < -0.39 is 0 Å². The predicted octanol–water partition coefficient (Wildman–Crippen LogP) is 2.09. The van der Waals surface area contributed by atoms with Gasteiger partial charge in [0.05, 0.1) is 0 Å². The van der Waals surface area contributed by atoms with E-state index in [-0.39, 0.29) is 5.91 Å². The fraction of sp³-hybridized carbons (Fsp3) is 0.364. The van der Waals surface area contributed by atoms with Crippen molar-refractivity contribution in [1.82, 2.24) is 4.90 Å². The van der Waals surface area contributed by atoms with Crippen LogP contribution in [-0.2, 0) is 4.79 Å². The van der Waals surface area contributed by atoms with Crippen LogP contribution in [0.15, 0.2) is 30.3 Å². The maximum atomic E-state index is 10.1. The molecular formula is C11H17NO. The second-order valence-electron chi connectivity index (χ2n) is 3.07. The van der Waals surface area contributed by atoms with E-state index in [1.807, 2.05) is 18.2 Å². The van der Waals surface area contributed by atoms with Crippen molar-refractivity contribution < 1.29 is 4.79 Å². The van der Waals surface area contributed by atoms with E-state index in [0.29, 0.717) is 0 Å². The minimum Gasteiger partial charge on any atom is -0.349 e. The number of aryl methyl sites for hydroxylation is 1. The largest absolute Gasteiger partial charge is 0.349 e. The third-order valence-corrected chi connectivity index (χ3v) is 1.57. The molecule has 1 rings (SSSR count). The summed E-state index contributed by atoms with van der Waals surface area (Å²) in [6.07, 6.45) is 0. The van der Waals surface area contributed by atoms with Gasteiger partial charge >= 0.3 is 0 Å². The van der Waals surface area contributed by atoms with Crippen molar-refractivity contribution in [2.24, 2.45) is 0 Å². The van der Waals surface area contributed by atoms with Gasteiger partial charge in [0.2, 0.25) is 5.91 Å². The molecule has 0 unspecified atom stereocenters. The molecule has 0 spiro atoms. The van der Waals surface area contributed by atoms with E-state index in [2.05, 4.69) is 19.1 Å². The number of carbonyl (C=O) groups is 1. The Kier molecular flexibility index (Phi) is 5.60. The van der Waals surface area contributed by atoms with Gasteiger partial charge in [0.1, 0.15) is 0 Å². The Morgan fingerprint density at radius 3 is 1.69 bits per heavy atom. The third-order valence-electron chi connectivity index (χ3n) is 1.57. The first-order valence-electron chi connectivity index (χ1n) is 4.23. The van der Waals surface area contributed by atoms with Crippen LogP contribution in [0, 0.1) is 6.92 Å². The van der Waals surface area contributed by atoms with Crippen LogP contribution in [0.5, 0.6) is 0 Å². The van der Waals surface area contributed by atoms with E-state index in [9.17, 15) is 4.79 Å². The first kappa shape index (κ1) is 11.7. The molecule has 72 valence electrons. The number of hydrogen-bond donors (Lipinski definition) is 0. The zero-order valence-corrected chi connectivity index (χ0v) is 8.74. The maximum Gasteiger partial charge on any atom is 0.218 e. The van der Waals surface area contributed by atoms with Gasteiger partial charge in [-0.15, -0.1) is 0 Å². The van der Waals surface area contributed by atoms with E-state index in [1.165, 1.54) is 17.4 Å². The smallest absolute Gasteiger partial charge is 0.218 e. The highest BCUT2D eigenvalue weighted by Gasteiger charge is 1.87. The highest BCUT2D eigenvalue weighted by atomic mass is 16.2. The third kappa shape index (κ3) is 7.06. The number of rotatable bonds is 0.